The molecule has 96 valence electrons. The van der Waals surface area contributed by atoms with Crippen molar-refractivity contribution in [3.8, 4) is 5.75 Å². The van der Waals surface area contributed by atoms with Gasteiger partial charge in [-0.15, -0.1) is 4.40 Å². The zero-order valence-electron chi connectivity index (χ0n) is 10.2. The maximum Gasteiger partial charge on any atom is 0.289 e. The van der Waals surface area contributed by atoms with Gasteiger partial charge in [-0.3, -0.25) is 0 Å². The van der Waals surface area contributed by atoms with E-state index in [1.165, 1.54) is 6.07 Å². The van der Waals surface area contributed by atoms with Gasteiger partial charge in [-0.2, -0.15) is 8.42 Å². The van der Waals surface area contributed by atoms with E-state index in [9.17, 15) is 8.42 Å². The van der Waals surface area contributed by atoms with Crippen LogP contribution in [0.5, 0.6) is 5.75 Å². The maximum absolute atomic E-state index is 12.1. The van der Waals surface area contributed by atoms with Crippen molar-refractivity contribution < 1.29 is 13.2 Å². The van der Waals surface area contributed by atoms with Crippen molar-refractivity contribution in [3.63, 3.8) is 0 Å². The van der Waals surface area contributed by atoms with Gasteiger partial charge in [0.2, 0.25) is 5.90 Å². The van der Waals surface area contributed by atoms with Crippen molar-refractivity contribution in [2.75, 3.05) is 0 Å². The van der Waals surface area contributed by atoms with E-state index in [0.717, 1.165) is 5.56 Å². The minimum atomic E-state index is -3.69. The number of ether oxygens (including phenoxy) is 1. The van der Waals surface area contributed by atoms with Crippen molar-refractivity contribution in [1.82, 2.24) is 0 Å². The van der Waals surface area contributed by atoms with Crippen LogP contribution in [0.4, 0.5) is 0 Å². The largest absolute Gasteiger partial charge is 0.436 e. The minimum absolute atomic E-state index is 0.109. The zero-order valence-corrected chi connectivity index (χ0v) is 11.0. The van der Waals surface area contributed by atoms with Gasteiger partial charge in [-0.1, -0.05) is 24.3 Å². The third-order valence-corrected chi connectivity index (χ3v) is 4.11. The second-order valence-electron chi connectivity index (χ2n) is 4.29. The fourth-order valence-corrected chi connectivity index (χ4v) is 2.94. The highest BCUT2D eigenvalue weighted by molar-refractivity contribution is 7.90. The monoisotopic (exact) mass is 273 g/mol. The maximum atomic E-state index is 12.1. The Morgan fingerprint density at radius 1 is 1.05 bits per heavy atom. The Morgan fingerprint density at radius 3 is 2.53 bits per heavy atom. The van der Waals surface area contributed by atoms with E-state index in [4.69, 9.17) is 4.74 Å². The molecule has 5 heteroatoms. The molecule has 0 saturated carbocycles. The highest BCUT2D eigenvalue weighted by Gasteiger charge is 2.27. The quantitative estimate of drug-likeness (QED) is 0.802. The molecular formula is C14H11NO3S. The Kier molecular flexibility index (Phi) is 2.64. The lowest BCUT2D eigenvalue weighted by Crippen LogP contribution is -2.19. The molecule has 1 aliphatic heterocycles. The molecule has 1 heterocycles. The first kappa shape index (κ1) is 11.9. The molecule has 1 aliphatic rings. The van der Waals surface area contributed by atoms with E-state index < -0.39 is 10.0 Å². The number of hydrogen-bond donors (Lipinski definition) is 0. The lowest BCUT2D eigenvalue weighted by molar-refractivity contribution is 0.518. The summed E-state index contributed by atoms with van der Waals surface area (Å²) in [4.78, 5) is 0.109. The van der Waals surface area contributed by atoms with Crippen molar-refractivity contribution in [3.05, 3.63) is 59.7 Å². The van der Waals surface area contributed by atoms with Crippen LogP contribution in [-0.2, 0) is 10.0 Å². The van der Waals surface area contributed by atoms with Crippen LogP contribution in [0.2, 0.25) is 0 Å². The lowest BCUT2D eigenvalue weighted by atomic mass is 10.2. The van der Waals surface area contributed by atoms with Gasteiger partial charge >= 0.3 is 0 Å². The zero-order chi connectivity index (χ0) is 13.5. The minimum Gasteiger partial charge on any atom is -0.436 e. The number of fused-ring (bicyclic) bond motifs is 1. The van der Waals surface area contributed by atoms with Crippen LogP contribution in [0.25, 0.3) is 0 Å². The summed E-state index contributed by atoms with van der Waals surface area (Å²) in [5.74, 6) is 0.438. The van der Waals surface area contributed by atoms with Crippen molar-refractivity contribution >= 4 is 15.9 Å². The summed E-state index contributed by atoms with van der Waals surface area (Å²) in [6.07, 6.45) is 0. The molecule has 0 aliphatic carbocycles. The predicted molar refractivity (Wildman–Crippen MR) is 72.0 cm³/mol. The van der Waals surface area contributed by atoms with Crippen molar-refractivity contribution in [1.29, 1.82) is 0 Å². The predicted octanol–water partition coefficient (Wildman–Crippen LogP) is 2.52. The first-order valence-corrected chi connectivity index (χ1v) is 7.19. The number of hydrogen-bond acceptors (Lipinski definition) is 3. The van der Waals surface area contributed by atoms with Gasteiger partial charge < -0.3 is 4.74 Å². The van der Waals surface area contributed by atoms with Gasteiger partial charge in [-0.05, 0) is 36.8 Å². The van der Waals surface area contributed by atoms with Gasteiger partial charge in [0, 0.05) is 5.56 Å². The van der Waals surface area contributed by atoms with Crippen LogP contribution < -0.4 is 4.74 Å². The van der Waals surface area contributed by atoms with Crippen LogP contribution in [0, 0.1) is 6.92 Å². The normalized spacial score (nSPS) is 16.2. The molecule has 4 nitrogen and oxygen atoms in total. The van der Waals surface area contributed by atoms with Gasteiger partial charge in [0.1, 0.15) is 10.6 Å². The van der Waals surface area contributed by atoms with E-state index in [-0.39, 0.29) is 10.8 Å². The summed E-state index contributed by atoms with van der Waals surface area (Å²) < 4.78 is 33.5. The van der Waals surface area contributed by atoms with Gasteiger partial charge in [0.25, 0.3) is 10.0 Å². The fourth-order valence-electron chi connectivity index (χ4n) is 1.88. The first-order chi connectivity index (χ1) is 9.06. The smallest absolute Gasteiger partial charge is 0.289 e. The Labute approximate surface area is 111 Å². The Balaban J connectivity index is 2.16. The molecule has 0 aromatic heterocycles. The van der Waals surface area contributed by atoms with Crippen LogP contribution in [0.15, 0.2) is 57.8 Å². The molecule has 3 rings (SSSR count). The standard InChI is InChI=1S/C14H11NO3S/c1-10-7-8-13-12(9-10)18-14(15-19(13,16)17)11-5-3-2-4-6-11/h2-9H,1H3. The lowest BCUT2D eigenvalue weighted by Gasteiger charge is -2.17. The number of aryl methyl sites for hydroxylation is 1. The highest BCUT2D eigenvalue weighted by atomic mass is 32.2. The third-order valence-electron chi connectivity index (χ3n) is 2.81. The molecule has 2 aromatic carbocycles. The molecular weight excluding hydrogens is 262 g/mol. The van der Waals surface area contributed by atoms with Gasteiger partial charge in [0.15, 0.2) is 0 Å². The van der Waals surface area contributed by atoms with Crippen LogP contribution in [0.1, 0.15) is 11.1 Å². The van der Waals surface area contributed by atoms with Crippen LogP contribution in [-0.4, -0.2) is 14.3 Å². The molecule has 0 amide bonds. The van der Waals surface area contributed by atoms with Crippen LogP contribution >= 0.6 is 0 Å². The molecule has 19 heavy (non-hydrogen) atoms. The molecule has 0 N–H and O–H groups in total. The molecule has 2 aromatic rings. The third kappa shape index (κ3) is 2.13. The molecule has 0 spiro atoms. The molecule has 0 unspecified atom stereocenters. The molecule has 0 atom stereocenters. The van der Waals surface area contributed by atoms with E-state index in [2.05, 4.69) is 4.40 Å². The average molecular weight is 273 g/mol. The second-order valence-corrected chi connectivity index (χ2v) is 5.86. The average Bonchev–Trinajstić information content (AvgIpc) is 2.38. The van der Waals surface area contributed by atoms with Gasteiger partial charge in [0.05, 0.1) is 0 Å². The number of nitrogens with zero attached hydrogens (tertiary/aromatic N) is 1. The van der Waals surface area contributed by atoms with E-state index >= 15 is 0 Å². The Hall–Kier alpha value is -2.14. The SMILES string of the molecule is Cc1ccc2c(c1)OC(c1ccccc1)=NS2(=O)=O. The number of benzene rings is 2. The van der Waals surface area contributed by atoms with Gasteiger partial charge in [-0.25, -0.2) is 0 Å². The van der Waals surface area contributed by atoms with Crippen molar-refractivity contribution in [2.45, 2.75) is 11.8 Å². The van der Waals surface area contributed by atoms with Crippen molar-refractivity contribution in [2.24, 2.45) is 4.40 Å². The first-order valence-electron chi connectivity index (χ1n) is 5.75. The summed E-state index contributed by atoms with van der Waals surface area (Å²) in [7, 11) is -3.69. The van der Waals surface area contributed by atoms with E-state index in [0.29, 0.717) is 11.3 Å². The fraction of sp³-hybridized carbons (Fsp3) is 0.0714. The number of rotatable bonds is 1. The summed E-state index contributed by atoms with van der Waals surface area (Å²) >= 11 is 0. The van der Waals surface area contributed by atoms with E-state index in [1.807, 2.05) is 13.0 Å². The molecule has 0 fully saturated rings. The molecule has 0 saturated heterocycles. The topological polar surface area (TPSA) is 55.7 Å². The molecule has 0 bridgehead atoms. The second kappa shape index (κ2) is 4.20. The Bertz CT molecular complexity index is 765. The number of sulfonamides is 1. The Morgan fingerprint density at radius 2 is 1.79 bits per heavy atom. The highest BCUT2D eigenvalue weighted by Crippen LogP contribution is 2.31. The van der Waals surface area contributed by atoms with Crippen LogP contribution in [0.3, 0.4) is 0 Å². The summed E-state index contributed by atoms with van der Waals surface area (Å²) in [5.41, 5.74) is 1.57. The molecule has 0 radical (unpaired) electrons. The summed E-state index contributed by atoms with van der Waals surface area (Å²) in [6.45, 7) is 1.88. The van der Waals surface area contributed by atoms with E-state index in [1.54, 1.807) is 36.4 Å². The summed E-state index contributed by atoms with van der Waals surface area (Å²) in [5, 5.41) is 0. The summed E-state index contributed by atoms with van der Waals surface area (Å²) in [6, 6.07) is 13.9.